The molecule has 1 heterocycles. The predicted molar refractivity (Wildman–Crippen MR) is 82.9 cm³/mol. The Morgan fingerprint density at radius 1 is 1.14 bits per heavy atom. The fraction of sp³-hybridized carbons (Fsp3) is 0.800. The van der Waals surface area contributed by atoms with Crippen LogP contribution >= 0.6 is 0 Å². The summed E-state index contributed by atoms with van der Waals surface area (Å²) < 4.78 is 23.1. The summed E-state index contributed by atoms with van der Waals surface area (Å²) >= 11 is 0. The largest absolute Gasteiger partial charge is 0.501 e. The first-order valence-electron chi connectivity index (χ1n) is 7.86. The topological polar surface area (TPSA) is 54.0 Å². The number of ketones is 1. The Morgan fingerprint density at radius 3 is 2.19 bits per heavy atom. The van der Waals surface area contributed by atoms with Crippen molar-refractivity contribution in [1.29, 1.82) is 0 Å². The third-order valence-electron chi connectivity index (χ3n) is 3.34. The highest BCUT2D eigenvalue weighted by molar-refractivity contribution is 6.60. The molecule has 1 aliphatic rings. The Morgan fingerprint density at radius 2 is 1.71 bits per heavy atom. The van der Waals surface area contributed by atoms with Gasteiger partial charge in [0.15, 0.2) is 11.5 Å². The fourth-order valence-corrected chi connectivity index (χ4v) is 5.18. The Kier molecular flexibility index (Phi) is 8.17. The lowest BCUT2D eigenvalue weighted by Crippen LogP contribution is -2.46. The van der Waals surface area contributed by atoms with Crippen molar-refractivity contribution in [2.24, 2.45) is 0 Å². The van der Waals surface area contributed by atoms with Gasteiger partial charge in [-0.25, -0.2) is 0 Å². The number of hydrogen-bond acceptors (Lipinski definition) is 5. The minimum Gasteiger partial charge on any atom is -0.490 e. The molecule has 21 heavy (non-hydrogen) atoms. The Hall–Kier alpha value is -0.693. The molecule has 1 aliphatic heterocycles. The minimum absolute atomic E-state index is 0.00111. The van der Waals surface area contributed by atoms with Gasteiger partial charge < -0.3 is 18.0 Å². The molecule has 0 saturated heterocycles. The zero-order valence-electron chi connectivity index (χ0n) is 13.7. The summed E-state index contributed by atoms with van der Waals surface area (Å²) in [5.41, 5.74) is 1.07. The van der Waals surface area contributed by atoms with Crippen LogP contribution in [0.15, 0.2) is 11.3 Å². The monoisotopic (exact) mass is 316 g/mol. The average Bonchev–Trinajstić information content (AvgIpc) is 2.46. The van der Waals surface area contributed by atoms with Crippen molar-refractivity contribution in [2.75, 3.05) is 26.4 Å². The molecule has 0 unspecified atom stereocenters. The van der Waals surface area contributed by atoms with Crippen molar-refractivity contribution >= 4 is 14.6 Å². The van der Waals surface area contributed by atoms with Crippen molar-refractivity contribution in [3.05, 3.63) is 11.3 Å². The molecule has 0 bridgehead atoms. The Bertz CT molecular complexity index is 350. The summed E-state index contributed by atoms with van der Waals surface area (Å²) in [5.74, 6) is 0.537. The molecule has 0 aromatic heterocycles. The third-order valence-corrected chi connectivity index (χ3v) is 6.38. The lowest BCUT2D eigenvalue weighted by atomic mass is 10.0. The molecule has 5 nitrogen and oxygen atoms in total. The van der Waals surface area contributed by atoms with E-state index >= 15 is 0 Å². The van der Waals surface area contributed by atoms with E-state index in [2.05, 4.69) is 0 Å². The summed E-state index contributed by atoms with van der Waals surface area (Å²) in [5, 5.41) is 0. The van der Waals surface area contributed by atoms with E-state index in [1.165, 1.54) is 0 Å². The predicted octanol–water partition coefficient (Wildman–Crippen LogP) is 3.08. The molecule has 0 fully saturated rings. The molecule has 0 atom stereocenters. The van der Waals surface area contributed by atoms with E-state index in [1.807, 2.05) is 20.8 Å². The summed E-state index contributed by atoms with van der Waals surface area (Å²) in [6.07, 6.45) is 2.60. The molecule has 0 aromatic carbocycles. The van der Waals surface area contributed by atoms with Gasteiger partial charge in [0.2, 0.25) is 0 Å². The van der Waals surface area contributed by atoms with Crippen molar-refractivity contribution in [3.63, 3.8) is 0 Å². The summed E-state index contributed by atoms with van der Waals surface area (Å²) in [7, 11) is -2.64. The van der Waals surface area contributed by atoms with E-state index in [1.54, 1.807) is 6.92 Å². The highest BCUT2D eigenvalue weighted by atomic mass is 28.4. The normalized spacial score (nSPS) is 16.0. The Balaban J connectivity index is 2.80. The zero-order chi connectivity index (χ0) is 15.7. The van der Waals surface area contributed by atoms with E-state index in [0.29, 0.717) is 38.2 Å². The summed E-state index contributed by atoms with van der Waals surface area (Å²) in [6.45, 7) is 9.74. The number of allylic oxidation sites excluding steroid dienone is 2. The van der Waals surface area contributed by atoms with E-state index in [9.17, 15) is 4.79 Å². The highest BCUT2D eigenvalue weighted by Gasteiger charge is 2.40. The quantitative estimate of drug-likeness (QED) is 0.580. The van der Waals surface area contributed by atoms with Gasteiger partial charge in [-0.3, -0.25) is 4.79 Å². The zero-order valence-corrected chi connectivity index (χ0v) is 14.7. The van der Waals surface area contributed by atoms with Crippen LogP contribution in [-0.4, -0.2) is 41.0 Å². The van der Waals surface area contributed by atoms with Crippen molar-refractivity contribution in [2.45, 2.75) is 53.0 Å². The maximum Gasteiger partial charge on any atom is 0.501 e. The van der Waals surface area contributed by atoms with Gasteiger partial charge in [-0.15, -0.1) is 0 Å². The molecule has 0 radical (unpaired) electrons. The molecule has 0 aliphatic carbocycles. The first kappa shape index (κ1) is 18.4. The standard InChI is InChI=1S/C15H28O5Si/c1-5-18-21(19-6-2,20-7-3)12-10-14-9-8-11-17-15(14)13(4)16/h5-12H2,1-4H3. The number of rotatable bonds is 10. The van der Waals surface area contributed by atoms with E-state index < -0.39 is 8.80 Å². The molecule has 6 heteroatoms. The van der Waals surface area contributed by atoms with Crippen LogP contribution < -0.4 is 0 Å². The number of ether oxygens (including phenoxy) is 1. The van der Waals surface area contributed by atoms with Crippen LogP contribution in [-0.2, 0) is 22.8 Å². The van der Waals surface area contributed by atoms with Crippen LogP contribution in [0.5, 0.6) is 0 Å². The first-order chi connectivity index (χ1) is 10.1. The number of hydrogen-bond donors (Lipinski definition) is 0. The SMILES string of the molecule is CCO[Si](CCC1=C(C(C)=O)OCCC1)(OCC)OCC. The van der Waals surface area contributed by atoms with Crippen LogP contribution in [0.4, 0.5) is 0 Å². The second-order valence-corrected chi connectivity index (χ2v) is 7.65. The molecule has 0 aromatic rings. The van der Waals surface area contributed by atoms with Gasteiger partial charge in [0.1, 0.15) is 0 Å². The van der Waals surface area contributed by atoms with E-state index in [-0.39, 0.29) is 5.78 Å². The maximum atomic E-state index is 11.6. The molecule has 0 spiro atoms. The average molecular weight is 316 g/mol. The molecular weight excluding hydrogens is 288 g/mol. The van der Waals surface area contributed by atoms with Crippen LogP contribution in [0.1, 0.15) is 47.0 Å². The molecule has 122 valence electrons. The lowest BCUT2D eigenvalue weighted by Gasteiger charge is -2.29. The number of Topliss-reactive ketones (excluding diaryl/α,β-unsaturated/α-hetero) is 1. The van der Waals surface area contributed by atoms with Gasteiger partial charge in [0, 0.05) is 32.8 Å². The summed E-state index contributed by atoms with van der Waals surface area (Å²) in [6, 6.07) is 0.692. The molecule has 0 saturated carbocycles. The molecular formula is C15H28O5Si. The van der Waals surface area contributed by atoms with Crippen LogP contribution in [0.25, 0.3) is 0 Å². The van der Waals surface area contributed by atoms with Crippen molar-refractivity contribution < 1.29 is 22.8 Å². The fourth-order valence-electron chi connectivity index (χ4n) is 2.57. The second kappa shape index (κ2) is 9.35. The second-order valence-electron chi connectivity index (χ2n) is 4.92. The van der Waals surface area contributed by atoms with E-state index in [4.69, 9.17) is 18.0 Å². The lowest BCUT2D eigenvalue weighted by molar-refractivity contribution is -0.117. The molecule has 0 N–H and O–H groups in total. The van der Waals surface area contributed by atoms with Crippen molar-refractivity contribution in [3.8, 4) is 0 Å². The third kappa shape index (κ3) is 5.54. The highest BCUT2D eigenvalue weighted by Crippen LogP contribution is 2.28. The molecule has 0 amide bonds. The number of carbonyl (C=O) groups excluding carboxylic acids is 1. The van der Waals surface area contributed by atoms with Crippen LogP contribution in [0.3, 0.4) is 0 Å². The van der Waals surface area contributed by atoms with Gasteiger partial charge in [-0.05, 0) is 45.6 Å². The van der Waals surface area contributed by atoms with Crippen LogP contribution in [0.2, 0.25) is 6.04 Å². The first-order valence-corrected chi connectivity index (χ1v) is 9.79. The Labute approximate surface area is 129 Å². The maximum absolute atomic E-state index is 11.6. The van der Waals surface area contributed by atoms with Crippen molar-refractivity contribution in [1.82, 2.24) is 0 Å². The van der Waals surface area contributed by atoms with E-state index in [0.717, 1.165) is 24.8 Å². The molecule has 1 rings (SSSR count). The smallest absolute Gasteiger partial charge is 0.490 e. The minimum atomic E-state index is -2.64. The van der Waals surface area contributed by atoms with Crippen LogP contribution in [0, 0.1) is 0 Å². The number of carbonyl (C=O) groups is 1. The van der Waals surface area contributed by atoms with Gasteiger partial charge in [0.25, 0.3) is 0 Å². The van der Waals surface area contributed by atoms with Gasteiger partial charge in [-0.1, -0.05) is 0 Å². The summed E-state index contributed by atoms with van der Waals surface area (Å²) in [4.78, 5) is 11.6. The van der Waals surface area contributed by atoms with Gasteiger partial charge in [0.05, 0.1) is 6.61 Å². The van der Waals surface area contributed by atoms with Gasteiger partial charge >= 0.3 is 8.80 Å². The van der Waals surface area contributed by atoms with Gasteiger partial charge in [-0.2, -0.15) is 0 Å².